The number of hydrogen-bond acceptors (Lipinski definition) is 2. The lowest BCUT2D eigenvalue weighted by Crippen LogP contribution is -2.30. The summed E-state index contributed by atoms with van der Waals surface area (Å²) < 4.78 is 4.99. The van der Waals surface area contributed by atoms with E-state index in [-0.39, 0.29) is 0 Å². The van der Waals surface area contributed by atoms with Gasteiger partial charge in [0.05, 0.1) is 0 Å². The molecule has 0 rings (SSSR count). The Morgan fingerprint density at radius 3 is 1.64 bits per heavy atom. The topological polar surface area (TPSA) is 18.5 Å². The molecule has 0 aromatic heterocycles. The molecular formula is C8H12O2Si. The summed E-state index contributed by atoms with van der Waals surface area (Å²) in [5.41, 5.74) is 4.99. The van der Waals surface area contributed by atoms with E-state index < -0.39 is 8.32 Å². The van der Waals surface area contributed by atoms with E-state index in [1.54, 1.807) is 17.1 Å². The van der Waals surface area contributed by atoms with Gasteiger partial charge in [0, 0.05) is 0 Å². The molecule has 60 valence electrons. The second kappa shape index (κ2) is 4.71. The number of hydrogen-bond donors (Lipinski definition) is 0. The van der Waals surface area contributed by atoms with E-state index in [2.05, 4.69) is 31.2 Å². The molecule has 0 aliphatic carbocycles. The van der Waals surface area contributed by atoms with Crippen LogP contribution in [0, 0.1) is 0 Å². The molecule has 0 fully saturated rings. The zero-order valence-corrected chi connectivity index (χ0v) is 7.45. The molecule has 0 atom stereocenters. The zero-order chi connectivity index (χ0) is 8.74. The molecule has 0 radical (unpaired) electrons. The molecular weight excluding hydrogens is 156 g/mol. The molecule has 0 aliphatic rings. The Labute approximate surface area is 68.2 Å². The van der Waals surface area contributed by atoms with Crippen LogP contribution in [0.15, 0.2) is 49.7 Å². The van der Waals surface area contributed by atoms with Crippen molar-refractivity contribution in [2.75, 3.05) is 0 Å². The standard InChI is InChI=1S/C8H12O2Si/c1-5-9-10-11(6-2,7-3)8-4/h5-8H,1-4H2. The summed E-state index contributed by atoms with van der Waals surface area (Å²) in [5, 5.41) is 0. The van der Waals surface area contributed by atoms with Crippen molar-refractivity contribution in [2.45, 2.75) is 0 Å². The molecule has 3 heteroatoms. The summed E-state index contributed by atoms with van der Waals surface area (Å²) in [6, 6.07) is 0. The van der Waals surface area contributed by atoms with Gasteiger partial charge in [-0.3, -0.25) is 0 Å². The van der Waals surface area contributed by atoms with Crippen LogP contribution in [-0.2, 0) is 9.46 Å². The first-order valence-electron chi connectivity index (χ1n) is 3.11. The first-order valence-corrected chi connectivity index (χ1v) is 5.25. The van der Waals surface area contributed by atoms with Crippen molar-refractivity contribution < 1.29 is 9.46 Å². The number of rotatable bonds is 6. The van der Waals surface area contributed by atoms with Gasteiger partial charge >= 0.3 is 8.32 Å². The van der Waals surface area contributed by atoms with Gasteiger partial charge in [0.15, 0.2) is 0 Å². The minimum Gasteiger partial charge on any atom is -0.357 e. The first-order chi connectivity index (χ1) is 5.24. The average Bonchev–Trinajstić information content (AvgIpc) is 2.08. The van der Waals surface area contributed by atoms with Gasteiger partial charge in [-0.05, 0) is 0 Å². The predicted molar refractivity (Wildman–Crippen MR) is 48.7 cm³/mol. The molecule has 0 amide bonds. The van der Waals surface area contributed by atoms with Crippen LogP contribution >= 0.6 is 0 Å². The second-order valence-electron chi connectivity index (χ2n) is 1.81. The summed E-state index contributed by atoms with van der Waals surface area (Å²) >= 11 is 0. The Bertz CT molecular complexity index is 153. The van der Waals surface area contributed by atoms with Crippen molar-refractivity contribution >= 4 is 8.32 Å². The Kier molecular flexibility index (Phi) is 4.25. The summed E-state index contributed by atoms with van der Waals surface area (Å²) in [6.45, 7) is 14.2. The van der Waals surface area contributed by atoms with Crippen molar-refractivity contribution in [3.63, 3.8) is 0 Å². The van der Waals surface area contributed by atoms with E-state index in [0.29, 0.717) is 0 Å². The maximum atomic E-state index is 4.99. The second-order valence-corrected chi connectivity index (χ2v) is 4.91. The molecule has 0 bridgehead atoms. The lowest BCUT2D eigenvalue weighted by atomic mass is 11.2. The highest BCUT2D eigenvalue weighted by molar-refractivity contribution is 6.87. The van der Waals surface area contributed by atoms with Gasteiger partial charge in [-0.1, -0.05) is 23.7 Å². The van der Waals surface area contributed by atoms with Crippen LogP contribution in [0.4, 0.5) is 0 Å². The van der Waals surface area contributed by atoms with Gasteiger partial charge in [0.1, 0.15) is 6.26 Å². The maximum Gasteiger partial charge on any atom is 0.324 e. The minimum absolute atomic E-state index is 1.21. The molecule has 0 unspecified atom stereocenters. The van der Waals surface area contributed by atoms with Gasteiger partial charge < -0.3 is 4.89 Å². The lowest BCUT2D eigenvalue weighted by molar-refractivity contribution is -0.156. The molecule has 11 heavy (non-hydrogen) atoms. The molecule has 2 nitrogen and oxygen atoms in total. The SMILES string of the molecule is C=COO[Si](C=C)(C=C)C=C. The summed E-state index contributed by atoms with van der Waals surface area (Å²) in [4.78, 5) is 4.58. The van der Waals surface area contributed by atoms with Crippen LogP contribution in [0.5, 0.6) is 0 Å². The van der Waals surface area contributed by atoms with Crippen molar-refractivity contribution in [1.29, 1.82) is 0 Å². The molecule has 0 aromatic rings. The van der Waals surface area contributed by atoms with Crippen molar-refractivity contribution in [1.82, 2.24) is 0 Å². The summed E-state index contributed by atoms with van der Waals surface area (Å²) in [6.07, 6.45) is 1.21. The van der Waals surface area contributed by atoms with Gasteiger partial charge in [0.2, 0.25) is 0 Å². The monoisotopic (exact) mass is 168 g/mol. The third-order valence-corrected chi connectivity index (χ3v) is 3.52. The van der Waals surface area contributed by atoms with E-state index >= 15 is 0 Å². The van der Waals surface area contributed by atoms with Crippen LogP contribution in [0.1, 0.15) is 0 Å². The zero-order valence-electron chi connectivity index (χ0n) is 6.45. The predicted octanol–water partition coefficient (Wildman–Crippen LogP) is 2.20. The first kappa shape index (κ1) is 9.94. The normalized spacial score (nSPS) is 9.82. The van der Waals surface area contributed by atoms with E-state index in [1.165, 1.54) is 6.26 Å². The third-order valence-electron chi connectivity index (χ3n) is 1.22. The Balaban J connectivity index is 4.27. The van der Waals surface area contributed by atoms with Crippen molar-refractivity contribution in [3.05, 3.63) is 49.7 Å². The minimum atomic E-state index is -2.24. The van der Waals surface area contributed by atoms with Crippen molar-refractivity contribution in [2.24, 2.45) is 0 Å². The van der Waals surface area contributed by atoms with Crippen molar-refractivity contribution in [3.8, 4) is 0 Å². The average molecular weight is 168 g/mol. The smallest absolute Gasteiger partial charge is 0.324 e. The van der Waals surface area contributed by atoms with Gasteiger partial charge in [0.25, 0.3) is 0 Å². The van der Waals surface area contributed by atoms with Crippen LogP contribution in [-0.4, -0.2) is 8.32 Å². The quantitative estimate of drug-likeness (QED) is 0.262. The highest BCUT2D eigenvalue weighted by Gasteiger charge is 2.25. The van der Waals surface area contributed by atoms with Crippen LogP contribution in [0.25, 0.3) is 0 Å². The molecule has 0 aliphatic heterocycles. The molecule has 0 heterocycles. The van der Waals surface area contributed by atoms with E-state index in [1.807, 2.05) is 0 Å². The highest BCUT2D eigenvalue weighted by atomic mass is 28.4. The molecule has 0 saturated heterocycles. The van der Waals surface area contributed by atoms with E-state index in [4.69, 9.17) is 4.58 Å². The molecule has 0 saturated carbocycles. The largest absolute Gasteiger partial charge is 0.357 e. The highest BCUT2D eigenvalue weighted by Crippen LogP contribution is 2.09. The summed E-state index contributed by atoms with van der Waals surface area (Å²) in [5.74, 6) is 0. The van der Waals surface area contributed by atoms with Gasteiger partial charge in [-0.15, -0.1) is 19.7 Å². The van der Waals surface area contributed by atoms with E-state index in [9.17, 15) is 0 Å². The Morgan fingerprint density at radius 1 is 0.909 bits per heavy atom. The summed E-state index contributed by atoms with van der Waals surface area (Å²) in [7, 11) is -2.24. The fraction of sp³-hybridized carbons (Fsp3) is 0. The Hall–Kier alpha value is -1.06. The van der Waals surface area contributed by atoms with Crippen LogP contribution in [0.2, 0.25) is 0 Å². The fourth-order valence-electron chi connectivity index (χ4n) is 0.469. The van der Waals surface area contributed by atoms with Gasteiger partial charge in [-0.2, -0.15) is 0 Å². The molecule has 0 aromatic carbocycles. The fourth-order valence-corrected chi connectivity index (χ4v) is 1.41. The van der Waals surface area contributed by atoms with Crippen LogP contribution < -0.4 is 0 Å². The maximum absolute atomic E-state index is 4.99. The van der Waals surface area contributed by atoms with Crippen LogP contribution in [0.3, 0.4) is 0 Å². The van der Waals surface area contributed by atoms with E-state index in [0.717, 1.165) is 0 Å². The lowest BCUT2D eigenvalue weighted by Gasteiger charge is -2.16. The molecule has 0 N–H and O–H groups in total. The Morgan fingerprint density at radius 2 is 1.36 bits per heavy atom. The third kappa shape index (κ3) is 2.57. The van der Waals surface area contributed by atoms with Gasteiger partial charge in [-0.25, -0.2) is 4.58 Å². The molecule has 0 spiro atoms.